The minimum atomic E-state index is -4.78. The minimum Gasteiger partial charge on any atom is -0.457 e. The molecule has 0 atom stereocenters. The average molecular weight is 320 g/mol. The number of hydrogen-bond donors (Lipinski definition) is 0. The molecular formula is C14H10ClF4NO. The summed E-state index contributed by atoms with van der Waals surface area (Å²) in [6, 6.07) is 4.00. The number of alkyl halides is 4. The van der Waals surface area contributed by atoms with Gasteiger partial charge in [-0.1, -0.05) is 0 Å². The van der Waals surface area contributed by atoms with Crippen LogP contribution in [0.15, 0.2) is 30.5 Å². The second kappa shape index (κ2) is 5.89. The van der Waals surface area contributed by atoms with E-state index in [0.29, 0.717) is 23.4 Å². The van der Waals surface area contributed by atoms with Crippen molar-refractivity contribution in [3.05, 3.63) is 53.1 Å². The predicted octanol–water partition coefficient (Wildman–Crippen LogP) is 5.08. The maximum Gasteiger partial charge on any atom is 0.419 e. The van der Waals surface area contributed by atoms with Crippen LogP contribution in [0.4, 0.5) is 17.6 Å². The largest absolute Gasteiger partial charge is 0.457 e. The Labute approximate surface area is 123 Å². The van der Waals surface area contributed by atoms with E-state index < -0.39 is 17.6 Å². The van der Waals surface area contributed by atoms with E-state index in [1.165, 1.54) is 6.20 Å². The molecule has 0 radical (unpaired) electrons. The Morgan fingerprint density at radius 3 is 2.57 bits per heavy atom. The van der Waals surface area contributed by atoms with Crippen LogP contribution >= 0.6 is 11.6 Å². The molecule has 1 aromatic heterocycles. The van der Waals surface area contributed by atoms with Crippen molar-refractivity contribution in [1.82, 2.24) is 4.98 Å². The molecule has 112 valence electrons. The van der Waals surface area contributed by atoms with E-state index >= 15 is 0 Å². The molecule has 2 nitrogen and oxygen atoms in total. The van der Waals surface area contributed by atoms with E-state index in [9.17, 15) is 17.6 Å². The molecule has 2 aromatic rings. The second-order valence-electron chi connectivity index (χ2n) is 4.31. The third kappa shape index (κ3) is 3.64. The zero-order valence-electron chi connectivity index (χ0n) is 10.8. The van der Waals surface area contributed by atoms with Crippen molar-refractivity contribution in [2.45, 2.75) is 19.0 Å². The van der Waals surface area contributed by atoms with E-state index in [1.54, 1.807) is 13.0 Å². The van der Waals surface area contributed by atoms with Gasteiger partial charge >= 0.3 is 6.18 Å². The van der Waals surface area contributed by atoms with Crippen LogP contribution in [-0.4, -0.2) is 4.98 Å². The number of ether oxygens (including phenoxy) is 1. The van der Waals surface area contributed by atoms with Crippen molar-refractivity contribution >= 4 is 11.6 Å². The Morgan fingerprint density at radius 1 is 1.24 bits per heavy atom. The lowest BCUT2D eigenvalue weighted by molar-refractivity contribution is -0.140. The molecule has 0 fully saturated rings. The van der Waals surface area contributed by atoms with Crippen LogP contribution in [0, 0.1) is 12.7 Å². The number of pyridine rings is 1. The molecule has 7 heteroatoms. The van der Waals surface area contributed by atoms with Crippen molar-refractivity contribution in [1.29, 1.82) is 0 Å². The van der Waals surface area contributed by atoms with Gasteiger partial charge in [0.1, 0.15) is 17.3 Å². The Hall–Kier alpha value is -1.82. The number of aromatic nitrogens is 1. The maximum absolute atomic E-state index is 13.2. The summed E-state index contributed by atoms with van der Waals surface area (Å²) in [7, 11) is 0. The summed E-state index contributed by atoms with van der Waals surface area (Å²) in [5, 5.41) is 0. The van der Waals surface area contributed by atoms with Gasteiger partial charge in [0.05, 0.1) is 11.4 Å². The van der Waals surface area contributed by atoms with Gasteiger partial charge < -0.3 is 4.74 Å². The van der Waals surface area contributed by atoms with Crippen LogP contribution in [0.3, 0.4) is 0 Å². The quantitative estimate of drug-likeness (QED) is 0.581. The number of aryl methyl sites for hydroxylation is 1. The summed E-state index contributed by atoms with van der Waals surface area (Å²) in [4.78, 5) is 4.02. The Balaban J connectivity index is 2.39. The van der Waals surface area contributed by atoms with Crippen molar-refractivity contribution < 1.29 is 22.3 Å². The highest BCUT2D eigenvalue weighted by Crippen LogP contribution is 2.35. The van der Waals surface area contributed by atoms with Gasteiger partial charge in [-0.15, -0.1) is 11.6 Å². The summed E-state index contributed by atoms with van der Waals surface area (Å²) in [6.45, 7) is 1.71. The van der Waals surface area contributed by atoms with Crippen LogP contribution in [0.25, 0.3) is 0 Å². The lowest BCUT2D eigenvalue weighted by Gasteiger charge is -2.13. The van der Waals surface area contributed by atoms with Crippen LogP contribution in [0.1, 0.15) is 16.8 Å². The second-order valence-corrected chi connectivity index (χ2v) is 4.58. The molecular weight excluding hydrogens is 310 g/mol. The van der Waals surface area contributed by atoms with E-state index in [2.05, 4.69) is 4.98 Å². The van der Waals surface area contributed by atoms with Crippen LogP contribution in [0.2, 0.25) is 0 Å². The van der Waals surface area contributed by atoms with Gasteiger partial charge in [-0.25, -0.2) is 4.39 Å². The zero-order chi connectivity index (χ0) is 15.6. The molecule has 0 saturated heterocycles. The number of nitrogens with zero attached hydrogens (tertiary/aromatic N) is 1. The summed E-state index contributed by atoms with van der Waals surface area (Å²) < 4.78 is 56.5. The first kappa shape index (κ1) is 15.6. The van der Waals surface area contributed by atoms with Crippen molar-refractivity contribution in [2.24, 2.45) is 0 Å². The third-order valence-corrected chi connectivity index (χ3v) is 2.98. The minimum absolute atomic E-state index is 0.0932. The predicted molar refractivity (Wildman–Crippen MR) is 70.0 cm³/mol. The molecule has 0 aliphatic rings. The van der Waals surface area contributed by atoms with Crippen molar-refractivity contribution in [3.63, 3.8) is 0 Å². The van der Waals surface area contributed by atoms with Gasteiger partial charge in [-0.3, -0.25) is 4.98 Å². The van der Waals surface area contributed by atoms with Gasteiger partial charge in [0.15, 0.2) is 0 Å². The van der Waals surface area contributed by atoms with Crippen molar-refractivity contribution in [2.75, 3.05) is 0 Å². The van der Waals surface area contributed by atoms with E-state index in [-0.39, 0.29) is 17.4 Å². The molecule has 0 amide bonds. The molecule has 0 bridgehead atoms. The first-order valence-electron chi connectivity index (χ1n) is 5.87. The van der Waals surface area contributed by atoms with Crippen LogP contribution in [-0.2, 0) is 12.1 Å². The summed E-state index contributed by atoms with van der Waals surface area (Å²) in [5.74, 6) is -1.09. The highest BCUT2D eigenvalue weighted by molar-refractivity contribution is 6.17. The molecule has 1 heterocycles. The fourth-order valence-corrected chi connectivity index (χ4v) is 1.87. The molecule has 0 saturated carbocycles. The number of halogens is 5. The maximum atomic E-state index is 13.2. The van der Waals surface area contributed by atoms with Crippen LogP contribution in [0.5, 0.6) is 11.5 Å². The molecule has 0 N–H and O–H groups in total. The Bertz CT molecular complexity index is 658. The van der Waals surface area contributed by atoms with Gasteiger partial charge in [0.2, 0.25) is 0 Å². The van der Waals surface area contributed by atoms with Gasteiger partial charge in [0, 0.05) is 23.5 Å². The Kier molecular flexibility index (Phi) is 4.37. The van der Waals surface area contributed by atoms with Crippen molar-refractivity contribution in [3.8, 4) is 11.5 Å². The first-order valence-corrected chi connectivity index (χ1v) is 6.41. The molecule has 0 unspecified atom stereocenters. The van der Waals surface area contributed by atoms with E-state index in [0.717, 1.165) is 6.07 Å². The summed E-state index contributed by atoms with van der Waals surface area (Å²) >= 11 is 5.72. The van der Waals surface area contributed by atoms with E-state index in [4.69, 9.17) is 16.3 Å². The lowest BCUT2D eigenvalue weighted by atomic mass is 10.2. The fraction of sp³-hybridized carbons (Fsp3) is 0.214. The lowest BCUT2D eigenvalue weighted by Crippen LogP contribution is -2.08. The zero-order valence-corrected chi connectivity index (χ0v) is 11.6. The topological polar surface area (TPSA) is 22.1 Å². The van der Waals surface area contributed by atoms with Gasteiger partial charge in [-0.05, 0) is 25.1 Å². The van der Waals surface area contributed by atoms with Gasteiger partial charge in [-0.2, -0.15) is 13.2 Å². The molecule has 2 rings (SSSR count). The number of benzene rings is 1. The summed E-state index contributed by atoms with van der Waals surface area (Å²) in [6.07, 6.45) is -3.31. The first-order chi connectivity index (χ1) is 9.81. The number of hydrogen-bond acceptors (Lipinski definition) is 2. The summed E-state index contributed by atoms with van der Waals surface area (Å²) in [5.41, 5.74) is -0.227. The monoisotopic (exact) mass is 319 g/mol. The van der Waals surface area contributed by atoms with E-state index in [1.807, 2.05) is 0 Å². The van der Waals surface area contributed by atoms with Gasteiger partial charge in [0.25, 0.3) is 0 Å². The SMILES string of the molecule is Cc1cc(Oc2ccc(F)c(C(F)(F)F)c2)c(CCl)cn1. The number of rotatable bonds is 3. The molecule has 0 spiro atoms. The highest BCUT2D eigenvalue weighted by Gasteiger charge is 2.34. The molecule has 0 aliphatic carbocycles. The smallest absolute Gasteiger partial charge is 0.419 e. The third-order valence-electron chi connectivity index (χ3n) is 2.70. The molecule has 21 heavy (non-hydrogen) atoms. The normalized spacial score (nSPS) is 11.5. The average Bonchev–Trinajstić information content (AvgIpc) is 2.40. The standard InChI is InChI=1S/C14H10ClF4NO/c1-8-4-13(9(6-15)7-20-8)21-10-2-3-12(16)11(5-10)14(17,18)19/h2-5,7H,6H2,1H3. The molecule has 0 aliphatic heterocycles. The highest BCUT2D eigenvalue weighted by atomic mass is 35.5. The Morgan fingerprint density at radius 2 is 1.95 bits per heavy atom. The van der Waals surface area contributed by atoms with Crippen LogP contribution < -0.4 is 4.74 Å². The fourth-order valence-electron chi connectivity index (χ4n) is 1.67. The molecule has 1 aromatic carbocycles.